The molecule has 0 atom stereocenters. The van der Waals surface area contributed by atoms with Gasteiger partial charge in [-0.2, -0.15) is 4.31 Å². The minimum Gasteiger partial charge on any atom is -0.369 e. The average molecular weight is 403 g/mol. The molecule has 0 saturated carbocycles. The van der Waals surface area contributed by atoms with Crippen LogP contribution in [0.2, 0.25) is 0 Å². The van der Waals surface area contributed by atoms with Gasteiger partial charge in [0.15, 0.2) is 0 Å². The van der Waals surface area contributed by atoms with Crippen molar-refractivity contribution < 1.29 is 8.42 Å². The van der Waals surface area contributed by atoms with Gasteiger partial charge in [-0.05, 0) is 75.0 Å². The quantitative estimate of drug-likeness (QED) is 0.804. The number of hydrogen-bond donors (Lipinski definition) is 1. The number of hydrogen-bond acceptors (Lipinski definition) is 5. The van der Waals surface area contributed by atoms with Gasteiger partial charge in [0.05, 0.1) is 10.4 Å². The molecule has 1 aromatic carbocycles. The van der Waals surface area contributed by atoms with Gasteiger partial charge in [-0.1, -0.05) is 6.92 Å². The second kappa shape index (κ2) is 8.35. The van der Waals surface area contributed by atoms with Gasteiger partial charge in [-0.3, -0.25) is 0 Å². The highest BCUT2D eigenvalue weighted by Crippen LogP contribution is 2.24. The maximum atomic E-state index is 12.7. The van der Waals surface area contributed by atoms with E-state index >= 15 is 0 Å². The summed E-state index contributed by atoms with van der Waals surface area (Å²) in [6.45, 7) is 7.84. The van der Waals surface area contributed by atoms with E-state index in [9.17, 15) is 8.42 Å². The van der Waals surface area contributed by atoms with Crippen molar-refractivity contribution in [2.24, 2.45) is 5.92 Å². The number of anilines is 1. The fourth-order valence-electron chi connectivity index (χ4n) is 4.07. The molecule has 0 spiro atoms. The van der Waals surface area contributed by atoms with E-state index in [0.717, 1.165) is 48.6 Å². The molecule has 4 rings (SSSR count). The van der Waals surface area contributed by atoms with Crippen molar-refractivity contribution >= 4 is 26.7 Å². The molecule has 152 valence electrons. The van der Waals surface area contributed by atoms with Crippen LogP contribution in [0, 0.1) is 5.92 Å². The summed E-state index contributed by atoms with van der Waals surface area (Å²) in [4.78, 5) is 7.52. The van der Waals surface area contributed by atoms with Gasteiger partial charge in [0.2, 0.25) is 10.0 Å². The first-order chi connectivity index (χ1) is 13.5. The van der Waals surface area contributed by atoms with E-state index in [4.69, 9.17) is 0 Å². The van der Waals surface area contributed by atoms with Gasteiger partial charge in [-0.25, -0.2) is 13.4 Å². The molecular formula is C21H30N4O2S. The number of fused-ring (bicyclic) bond motifs is 1. The summed E-state index contributed by atoms with van der Waals surface area (Å²) < 4.78 is 27.1. The molecule has 2 saturated heterocycles. The molecule has 2 aromatic rings. The van der Waals surface area contributed by atoms with Gasteiger partial charge >= 0.3 is 0 Å². The molecule has 2 aliphatic heterocycles. The maximum Gasteiger partial charge on any atom is 0.243 e. The first-order valence-electron chi connectivity index (χ1n) is 10.4. The van der Waals surface area contributed by atoms with E-state index in [0.29, 0.717) is 18.0 Å². The van der Waals surface area contributed by atoms with E-state index in [2.05, 4.69) is 22.1 Å². The molecule has 7 heteroatoms. The van der Waals surface area contributed by atoms with Gasteiger partial charge in [0, 0.05) is 31.6 Å². The number of piperidine rings is 1. The predicted molar refractivity (Wildman–Crippen MR) is 113 cm³/mol. The number of nitrogens with zero attached hydrogens (tertiary/aromatic N) is 3. The highest BCUT2D eigenvalue weighted by Gasteiger charge is 2.27. The third-order valence-corrected chi connectivity index (χ3v) is 7.87. The molecule has 0 bridgehead atoms. The van der Waals surface area contributed by atoms with Crippen molar-refractivity contribution in [2.75, 3.05) is 44.6 Å². The lowest BCUT2D eigenvalue weighted by Crippen LogP contribution is -2.36. The normalized spacial score (nSPS) is 20.0. The summed E-state index contributed by atoms with van der Waals surface area (Å²) in [5.74, 6) is 1.69. The van der Waals surface area contributed by atoms with Crippen molar-refractivity contribution in [3.63, 3.8) is 0 Å². The summed E-state index contributed by atoms with van der Waals surface area (Å²) >= 11 is 0. The molecule has 0 amide bonds. The molecule has 0 unspecified atom stereocenters. The van der Waals surface area contributed by atoms with Crippen LogP contribution in [-0.2, 0) is 10.0 Å². The van der Waals surface area contributed by atoms with Crippen LogP contribution in [0.25, 0.3) is 10.9 Å². The smallest absolute Gasteiger partial charge is 0.243 e. The highest BCUT2D eigenvalue weighted by atomic mass is 32.2. The fraction of sp³-hybridized carbons (Fsp3) is 0.571. The molecule has 28 heavy (non-hydrogen) atoms. The van der Waals surface area contributed by atoms with E-state index < -0.39 is 10.0 Å². The third kappa shape index (κ3) is 4.31. The van der Waals surface area contributed by atoms with Gasteiger partial charge in [0.25, 0.3) is 0 Å². The standard InChI is InChI=1S/C21H30N4O2S/c1-17-8-13-24(14-9-17)15-10-22-21-7-4-18-16-19(5-6-20(18)23-21)28(26,27)25-11-2-3-12-25/h4-7,16-17H,2-3,8-15H2,1H3,(H,22,23). The van der Waals surface area contributed by atoms with Crippen molar-refractivity contribution in [3.05, 3.63) is 30.3 Å². The van der Waals surface area contributed by atoms with E-state index in [-0.39, 0.29) is 0 Å². The number of aromatic nitrogens is 1. The molecular weight excluding hydrogens is 372 g/mol. The van der Waals surface area contributed by atoms with E-state index in [1.165, 1.54) is 25.9 Å². The van der Waals surface area contributed by atoms with Crippen LogP contribution in [0.4, 0.5) is 5.82 Å². The molecule has 2 fully saturated rings. The summed E-state index contributed by atoms with van der Waals surface area (Å²) in [6, 6.07) is 9.13. The average Bonchev–Trinajstić information content (AvgIpc) is 3.25. The zero-order valence-electron chi connectivity index (χ0n) is 16.6. The zero-order chi connectivity index (χ0) is 19.6. The van der Waals surface area contributed by atoms with Crippen LogP contribution < -0.4 is 5.32 Å². The van der Waals surface area contributed by atoms with Gasteiger partial charge in [-0.15, -0.1) is 0 Å². The Morgan fingerprint density at radius 2 is 1.82 bits per heavy atom. The minimum atomic E-state index is -3.39. The Hall–Kier alpha value is -1.70. The fourth-order valence-corrected chi connectivity index (χ4v) is 5.62. The largest absolute Gasteiger partial charge is 0.369 e. The molecule has 2 aliphatic rings. The zero-order valence-corrected chi connectivity index (χ0v) is 17.4. The van der Waals surface area contributed by atoms with Crippen molar-refractivity contribution in [3.8, 4) is 0 Å². The molecule has 0 radical (unpaired) electrons. The van der Waals surface area contributed by atoms with Gasteiger partial charge < -0.3 is 10.2 Å². The van der Waals surface area contributed by atoms with Crippen molar-refractivity contribution in [1.29, 1.82) is 0 Å². The van der Waals surface area contributed by atoms with Crippen LogP contribution in [0.3, 0.4) is 0 Å². The minimum absolute atomic E-state index is 0.365. The molecule has 1 aromatic heterocycles. The van der Waals surface area contributed by atoms with E-state index in [1.54, 1.807) is 16.4 Å². The van der Waals surface area contributed by atoms with Crippen molar-refractivity contribution in [1.82, 2.24) is 14.2 Å². The number of benzene rings is 1. The van der Waals surface area contributed by atoms with Crippen LogP contribution in [0.15, 0.2) is 35.2 Å². The summed E-state index contributed by atoms with van der Waals surface area (Å²) in [5.41, 5.74) is 0.817. The summed E-state index contributed by atoms with van der Waals surface area (Å²) in [5, 5.41) is 4.26. The first kappa shape index (κ1) is 19.6. The monoisotopic (exact) mass is 402 g/mol. The SMILES string of the molecule is CC1CCN(CCNc2ccc3cc(S(=O)(=O)N4CCCC4)ccc3n2)CC1. The maximum absolute atomic E-state index is 12.7. The van der Waals surface area contributed by atoms with Crippen LogP contribution in [0.5, 0.6) is 0 Å². The van der Waals surface area contributed by atoms with Crippen LogP contribution in [-0.4, -0.2) is 61.9 Å². The number of likely N-dealkylation sites (tertiary alicyclic amines) is 1. The molecule has 3 heterocycles. The summed E-state index contributed by atoms with van der Waals surface area (Å²) in [7, 11) is -3.39. The Morgan fingerprint density at radius 1 is 1.07 bits per heavy atom. The second-order valence-electron chi connectivity index (χ2n) is 8.11. The lowest BCUT2D eigenvalue weighted by Gasteiger charge is -2.30. The Morgan fingerprint density at radius 3 is 2.57 bits per heavy atom. The Kier molecular flexibility index (Phi) is 5.85. The lowest BCUT2D eigenvalue weighted by atomic mass is 9.99. The third-order valence-electron chi connectivity index (χ3n) is 5.97. The lowest BCUT2D eigenvalue weighted by molar-refractivity contribution is 0.199. The van der Waals surface area contributed by atoms with Crippen LogP contribution >= 0.6 is 0 Å². The molecule has 0 aliphatic carbocycles. The van der Waals surface area contributed by atoms with Crippen LogP contribution in [0.1, 0.15) is 32.6 Å². The van der Waals surface area contributed by atoms with E-state index in [1.807, 2.05) is 18.2 Å². The predicted octanol–water partition coefficient (Wildman–Crippen LogP) is 3.16. The number of rotatable bonds is 6. The topological polar surface area (TPSA) is 65.5 Å². The first-order valence-corrected chi connectivity index (χ1v) is 11.8. The van der Waals surface area contributed by atoms with Gasteiger partial charge in [0.1, 0.15) is 5.82 Å². The number of pyridine rings is 1. The summed E-state index contributed by atoms with van der Waals surface area (Å²) in [6.07, 6.45) is 4.47. The molecule has 6 nitrogen and oxygen atoms in total. The Balaban J connectivity index is 1.40. The Labute approximate surface area is 168 Å². The second-order valence-corrected chi connectivity index (χ2v) is 10.1. The highest BCUT2D eigenvalue weighted by molar-refractivity contribution is 7.89. The van der Waals surface area contributed by atoms with Crippen molar-refractivity contribution in [2.45, 2.75) is 37.5 Å². The number of nitrogens with one attached hydrogen (secondary N) is 1. The molecule has 1 N–H and O–H groups in total. The Bertz CT molecular complexity index is 917. The number of sulfonamides is 1.